The lowest BCUT2D eigenvalue weighted by molar-refractivity contribution is -0.124. The van der Waals surface area contributed by atoms with Crippen LogP contribution in [0.25, 0.3) is 0 Å². The lowest BCUT2D eigenvalue weighted by atomic mass is 10.1. The number of anilines is 1. The molecule has 9 heteroatoms. The van der Waals surface area contributed by atoms with Gasteiger partial charge in [-0.05, 0) is 43.2 Å². The van der Waals surface area contributed by atoms with Gasteiger partial charge >= 0.3 is 5.97 Å². The van der Waals surface area contributed by atoms with Gasteiger partial charge in [0.15, 0.2) is 6.61 Å². The summed E-state index contributed by atoms with van der Waals surface area (Å²) in [7, 11) is -3.41. The largest absolute Gasteiger partial charge is 0.452 e. The predicted octanol–water partition coefficient (Wildman–Crippen LogP) is 2.01. The number of esters is 1. The van der Waals surface area contributed by atoms with Gasteiger partial charge in [-0.3, -0.25) is 9.10 Å². The molecule has 0 saturated carbocycles. The summed E-state index contributed by atoms with van der Waals surface area (Å²) in [6.07, 6.45) is 1.62. The Kier molecular flexibility index (Phi) is 5.88. The van der Waals surface area contributed by atoms with E-state index in [0.29, 0.717) is 17.7 Å². The van der Waals surface area contributed by atoms with Gasteiger partial charge in [-0.1, -0.05) is 18.2 Å². The first-order valence-electron chi connectivity index (χ1n) is 8.96. The molecule has 1 aliphatic heterocycles. The zero-order valence-electron chi connectivity index (χ0n) is 16.0. The Hall–Kier alpha value is -2.94. The van der Waals surface area contributed by atoms with E-state index in [4.69, 9.17) is 4.74 Å². The van der Waals surface area contributed by atoms with Gasteiger partial charge in [0.25, 0.3) is 5.91 Å². The van der Waals surface area contributed by atoms with Crippen LogP contribution in [0.15, 0.2) is 42.5 Å². The number of ether oxygens (including phenoxy) is 1. The quantitative estimate of drug-likeness (QED) is 0.722. The summed E-state index contributed by atoms with van der Waals surface area (Å²) in [5.74, 6) is -1.68. The van der Waals surface area contributed by atoms with Crippen LogP contribution in [0.4, 0.5) is 10.1 Å². The molecule has 154 valence electrons. The van der Waals surface area contributed by atoms with Crippen molar-refractivity contribution in [2.75, 3.05) is 17.2 Å². The molecule has 1 aliphatic rings. The Morgan fingerprint density at radius 1 is 1.24 bits per heavy atom. The van der Waals surface area contributed by atoms with Crippen LogP contribution < -0.4 is 9.62 Å². The number of sulfonamides is 1. The van der Waals surface area contributed by atoms with Crippen molar-refractivity contribution in [3.8, 4) is 0 Å². The van der Waals surface area contributed by atoms with Crippen molar-refractivity contribution in [2.45, 2.75) is 25.9 Å². The van der Waals surface area contributed by atoms with Gasteiger partial charge in [0.1, 0.15) is 5.82 Å². The van der Waals surface area contributed by atoms with Crippen LogP contribution in [-0.4, -0.2) is 39.2 Å². The summed E-state index contributed by atoms with van der Waals surface area (Å²) in [4.78, 5) is 24.1. The number of hydrogen-bond acceptors (Lipinski definition) is 5. The minimum atomic E-state index is -3.41. The smallest absolute Gasteiger partial charge is 0.338 e. The van der Waals surface area contributed by atoms with E-state index in [1.807, 2.05) is 0 Å². The fourth-order valence-corrected chi connectivity index (χ4v) is 4.60. The number of hydrogen-bond donors (Lipinski definition) is 1. The van der Waals surface area contributed by atoms with E-state index in [1.165, 1.54) is 16.4 Å². The Bertz CT molecular complexity index is 1050. The SMILES string of the molecule is C[C@H]1Cc2cc(C(=O)OCC(=O)NCc3ccccc3F)ccc2N1S(C)(=O)=O. The van der Waals surface area contributed by atoms with Crippen molar-refractivity contribution in [3.63, 3.8) is 0 Å². The first-order valence-corrected chi connectivity index (χ1v) is 10.8. The molecule has 0 saturated heterocycles. The standard InChI is InChI=1S/C20H21FN2O5S/c1-13-9-16-10-14(7-8-18(16)23(13)29(2,26)27)20(25)28-12-19(24)22-11-15-5-3-4-6-17(15)21/h3-8,10,13H,9,11-12H2,1-2H3,(H,22,24)/t13-/m0/s1. The van der Waals surface area contributed by atoms with E-state index in [-0.39, 0.29) is 18.2 Å². The minimum absolute atomic E-state index is 0.0128. The molecule has 0 radical (unpaired) electrons. The summed E-state index contributed by atoms with van der Waals surface area (Å²) in [5, 5.41) is 2.49. The van der Waals surface area contributed by atoms with Crippen molar-refractivity contribution < 1.29 is 27.1 Å². The number of amides is 1. The third-order valence-corrected chi connectivity index (χ3v) is 5.86. The van der Waals surface area contributed by atoms with E-state index in [1.54, 1.807) is 37.3 Å². The van der Waals surface area contributed by atoms with Crippen molar-refractivity contribution in [1.82, 2.24) is 5.32 Å². The van der Waals surface area contributed by atoms with E-state index < -0.39 is 34.3 Å². The van der Waals surface area contributed by atoms with E-state index >= 15 is 0 Å². The second-order valence-electron chi connectivity index (χ2n) is 6.90. The van der Waals surface area contributed by atoms with Gasteiger partial charge in [-0.15, -0.1) is 0 Å². The van der Waals surface area contributed by atoms with Gasteiger partial charge in [-0.25, -0.2) is 17.6 Å². The normalized spacial score (nSPS) is 15.7. The molecule has 1 N–H and O–H groups in total. The molecule has 2 aromatic rings. The van der Waals surface area contributed by atoms with E-state index in [2.05, 4.69) is 5.32 Å². The first-order chi connectivity index (χ1) is 13.7. The van der Waals surface area contributed by atoms with E-state index in [9.17, 15) is 22.4 Å². The monoisotopic (exact) mass is 420 g/mol. The average Bonchev–Trinajstić information content (AvgIpc) is 3.00. The number of nitrogens with one attached hydrogen (secondary N) is 1. The van der Waals surface area contributed by atoms with Crippen molar-refractivity contribution in [3.05, 3.63) is 65.0 Å². The van der Waals surface area contributed by atoms with Gasteiger partial charge < -0.3 is 10.1 Å². The van der Waals surface area contributed by atoms with Gasteiger partial charge in [0, 0.05) is 18.2 Å². The maximum absolute atomic E-state index is 13.5. The van der Waals surface area contributed by atoms with Gasteiger partial charge in [-0.2, -0.15) is 0 Å². The highest BCUT2D eigenvalue weighted by Gasteiger charge is 2.32. The number of carbonyl (C=O) groups excluding carboxylic acids is 2. The van der Waals surface area contributed by atoms with E-state index in [0.717, 1.165) is 11.8 Å². The van der Waals surface area contributed by atoms with Crippen molar-refractivity contribution in [1.29, 1.82) is 0 Å². The summed E-state index contributed by atoms with van der Waals surface area (Å²) in [6, 6.07) is 10.4. The van der Waals surface area contributed by atoms with Gasteiger partial charge in [0.2, 0.25) is 10.0 Å². The maximum atomic E-state index is 13.5. The number of carbonyl (C=O) groups is 2. The highest BCUT2D eigenvalue weighted by molar-refractivity contribution is 7.92. The van der Waals surface area contributed by atoms with Crippen LogP contribution >= 0.6 is 0 Å². The molecule has 0 spiro atoms. The third kappa shape index (κ3) is 4.73. The fraction of sp³-hybridized carbons (Fsp3) is 0.300. The Labute approximate surface area is 168 Å². The highest BCUT2D eigenvalue weighted by atomic mass is 32.2. The van der Waals surface area contributed by atoms with Crippen LogP contribution in [0, 0.1) is 5.82 Å². The van der Waals surface area contributed by atoms with Crippen LogP contribution in [0.2, 0.25) is 0 Å². The molecule has 3 rings (SSSR count). The predicted molar refractivity (Wildman–Crippen MR) is 105 cm³/mol. The topological polar surface area (TPSA) is 92.8 Å². The van der Waals surface area contributed by atoms with Crippen LogP contribution in [-0.2, 0) is 32.5 Å². The second kappa shape index (κ2) is 8.20. The molecule has 0 aromatic heterocycles. The zero-order valence-corrected chi connectivity index (χ0v) is 16.8. The molecule has 2 aromatic carbocycles. The number of halogens is 1. The van der Waals surface area contributed by atoms with Gasteiger partial charge in [0.05, 0.1) is 17.5 Å². The highest BCUT2D eigenvalue weighted by Crippen LogP contribution is 2.34. The Morgan fingerprint density at radius 2 is 1.97 bits per heavy atom. The molecule has 1 amide bonds. The summed E-state index contributed by atoms with van der Waals surface area (Å²) in [5.41, 5.74) is 1.82. The van der Waals surface area contributed by atoms with Crippen molar-refractivity contribution in [2.24, 2.45) is 0 Å². The fourth-order valence-electron chi connectivity index (χ4n) is 3.34. The van der Waals surface area contributed by atoms with Crippen LogP contribution in [0.1, 0.15) is 28.4 Å². The minimum Gasteiger partial charge on any atom is -0.452 e. The zero-order chi connectivity index (χ0) is 21.2. The van der Waals surface area contributed by atoms with Crippen LogP contribution in [0.3, 0.4) is 0 Å². The Morgan fingerprint density at radius 3 is 2.66 bits per heavy atom. The number of rotatable bonds is 6. The lowest BCUT2D eigenvalue weighted by Crippen LogP contribution is -2.34. The number of nitrogens with zero attached hydrogens (tertiary/aromatic N) is 1. The summed E-state index contributed by atoms with van der Waals surface area (Å²) < 4.78 is 43.8. The molecular formula is C20H21FN2O5S. The molecule has 0 unspecified atom stereocenters. The number of fused-ring (bicyclic) bond motifs is 1. The molecule has 7 nitrogen and oxygen atoms in total. The maximum Gasteiger partial charge on any atom is 0.338 e. The summed E-state index contributed by atoms with van der Waals surface area (Å²) >= 11 is 0. The molecule has 0 bridgehead atoms. The molecule has 0 fully saturated rings. The first kappa shape index (κ1) is 20.8. The average molecular weight is 420 g/mol. The third-order valence-electron chi connectivity index (χ3n) is 4.59. The Balaban J connectivity index is 1.59. The molecular weight excluding hydrogens is 399 g/mol. The van der Waals surface area contributed by atoms with Crippen LogP contribution in [0.5, 0.6) is 0 Å². The van der Waals surface area contributed by atoms with Crippen molar-refractivity contribution >= 4 is 27.6 Å². The molecule has 0 aliphatic carbocycles. The molecule has 1 heterocycles. The molecule has 29 heavy (non-hydrogen) atoms. The molecule has 1 atom stereocenters. The number of benzene rings is 2. The summed E-state index contributed by atoms with van der Waals surface area (Å²) in [6.45, 7) is 1.27. The lowest BCUT2D eigenvalue weighted by Gasteiger charge is -2.21. The second-order valence-corrected chi connectivity index (χ2v) is 8.76.